The molecule has 0 fully saturated rings. The quantitative estimate of drug-likeness (QED) is 0.558. The second kappa shape index (κ2) is 8.21. The van der Waals surface area contributed by atoms with Gasteiger partial charge in [0.25, 0.3) is 0 Å². The third-order valence-corrected chi connectivity index (χ3v) is 5.29. The summed E-state index contributed by atoms with van der Waals surface area (Å²) in [6.07, 6.45) is -4.11. The maximum absolute atomic E-state index is 13.2. The summed E-state index contributed by atoms with van der Waals surface area (Å²) in [6.45, 7) is 10.2. The van der Waals surface area contributed by atoms with Crippen LogP contribution in [0.1, 0.15) is 52.2 Å². The fraction of sp³-hybridized carbons (Fsp3) is 0.500. The predicted octanol–water partition coefficient (Wildman–Crippen LogP) is 6.38. The molecule has 1 unspecified atom stereocenters. The molecule has 28 heavy (non-hydrogen) atoms. The molecule has 8 heteroatoms. The van der Waals surface area contributed by atoms with Crippen molar-refractivity contribution >= 4 is 22.7 Å². The number of hydrogen-bond acceptors (Lipinski definition) is 5. The maximum Gasteiger partial charge on any atom is 0.573 e. The van der Waals surface area contributed by atoms with Gasteiger partial charge in [-0.15, -0.1) is 24.5 Å². The fourth-order valence-corrected chi connectivity index (χ4v) is 3.30. The number of alkyl halides is 3. The number of benzene rings is 1. The molecule has 2 rings (SSSR count). The molecule has 1 aromatic carbocycles. The minimum atomic E-state index is -4.91. The highest BCUT2D eigenvalue weighted by molar-refractivity contribution is 7.07. The number of thiazole rings is 1. The molecule has 0 saturated heterocycles. The molecular weight excluding hydrogens is 389 g/mol. The SMILES string of the molecule is CCC(C)C(C)=Nc1c(C)c(-c2cscn2)cc(C(C)(C)O)c1OC(F)(F)F. The van der Waals surface area contributed by atoms with Crippen molar-refractivity contribution in [3.8, 4) is 17.0 Å². The average molecular weight is 414 g/mol. The topological polar surface area (TPSA) is 54.7 Å². The van der Waals surface area contributed by atoms with Crippen LogP contribution in [-0.2, 0) is 5.60 Å². The summed E-state index contributed by atoms with van der Waals surface area (Å²) in [5.41, 5.74) is 2.58. The Labute approximate surface area is 167 Å². The van der Waals surface area contributed by atoms with Gasteiger partial charge in [0.05, 0.1) is 16.8 Å². The van der Waals surface area contributed by atoms with Gasteiger partial charge in [0, 0.05) is 22.2 Å². The monoisotopic (exact) mass is 414 g/mol. The lowest BCUT2D eigenvalue weighted by molar-refractivity contribution is -0.275. The number of ether oxygens (including phenoxy) is 1. The second-order valence-corrected chi connectivity index (χ2v) is 8.04. The number of aliphatic hydroxyl groups is 1. The highest BCUT2D eigenvalue weighted by Gasteiger charge is 2.37. The van der Waals surface area contributed by atoms with E-state index in [9.17, 15) is 18.3 Å². The van der Waals surface area contributed by atoms with Crippen molar-refractivity contribution in [1.82, 2.24) is 4.98 Å². The van der Waals surface area contributed by atoms with Gasteiger partial charge in [0.2, 0.25) is 0 Å². The highest BCUT2D eigenvalue weighted by atomic mass is 32.1. The molecule has 1 atom stereocenters. The zero-order valence-electron chi connectivity index (χ0n) is 16.8. The zero-order chi connectivity index (χ0) is 21.3. The summed E-state index contributed by atoms with van der Waals surface area (Å²) < 4.78 is 44.0. The van der Waals surface area contributed by atoms with E-state index in [2.05, 4.69) is 14.7 Å². The van der Waals surface area contributed by atoms with Gasteiger partial charge < -0.3 is 9.84 Å². The molecule has 0 aliphatic carbocycles. The molecule has 0 bridgehead atoms. The van der Waals surface area contributed by atoms with Crippen LogP contribution in [0.15, 0.2) is 21.9 Å². The van der Waals surface area contributed by atoms with E-state index in [1.165, 1.54) is 31.3 Å². The average Bonchev–Trinajstić information content (AvgIpc) is 3.09. The number of nitrogens with zero attached hydrogens (tertiary/aromatic N) is 2. The van der Waals surface area contributed by atoms with Crippen molar-refractivity contribution in [1.29, 1.82) is 0 Å². The largest absolute Gasteiger partial charge is 0.573 e. The lowest BCUT2D eigenvalue weighted by Crippen LogP contribution is -2.23. The standard InChI is InChI=1S/C20H25F3N2O2S/c1-7-11(2)13(4)25-17-12(3)14(16-9-28-10-24-16)8-15(19(5,6)26)18(17)27-20(21,22)23/h8-11,26H,7H2,1-6H3. The number of aromatic nitrogens is 1. The van der Waals surface area contributed by atoms with Crippen LogP contribution in [0.2, 0.25) is 0 Å². The fourth-order valence-electron chi connectivity index (χ4n) is 2.75. The van der Waals surface area contributed by atoms with Gasteiger partial charge in [-0.3, -0.25) is 4.99 Å². The van der Waals surface area contributed by atoms with E-state index >= 15 is 0 Å². The molecule has 0 radical (unpaired) electrons. The van der Waals surface area contributed by atoms with E-state index in [0.29, 0.717) is 22.5 Å². The third kappa shape index (κ3) is 5.11. The van der Waals surface area contributed by atoms with E-state index in [-0.39, 0.29) is 17.2 Å². The maximum atomic E-state index is 13.2. The minimum absolute atomic E-state index is 0.00845. The number of hydrogen-bond donors (Lipinski definition) is 1. The zero-order valence-corrected chi connectivity index (χ0v) is 17.6. The van der Waals surface area contributed by atoms with Gasteiger partial charge in [-0.1, -0.05) is 13.8 Å². The number of halogens is 3. The molecule has 1 aromatic heterocycles. The van der Waals surface area contributed by atoms with Crippen LogP contribution in [0.5, 0.6) is 5.75 Å². The van der Waals surface area contributed by atoms with E-state index in [1.807, 2.05) is 13.8 Å². The Bertz CT molecular complexity index is 854. The van der Waals surface area contributed by atoms with E-state index in [4.69, 9.17) is 0 Å². The number of rotatable bonds is 6. The second-order valence-electron chi connectivity index (χ2n) is 7.32. The molecule has 0 aliphatic rings. The molecule has 1 N–H and O–H groups in total. The molecule has 0 amide bonds. The predicted molar refractivity (Wildman–Crippen MR) is 106 cm³/mol. The first-order valence-electron chi connectivity index (χ1n) is 8.95. The Morgan fingerprint density at radius 1 is 1.36 bits per heavy atom. The molecule has 1 heterocycles. The Morgan fingerprint density at radius 2 is 2.00 bits per heavy atom. The van der Waals surface area contributed by atoms with Crippen LogP contribution in [0.3, 0.4) is 0 Å². The normalized spacial score (nSPS) is 14.3. The van der Waals surface area contributed by atoms with Gasteiger partial charge in [-0.05, 0) is 51.7 Å². The lowest BCUT2D eigenvalue weighted by Gasteiger charge is -2.26. The van der Waals surface area contributed by atoms with E-state index in [0.717, 1.165) is 6.42 Å². The summed E-state index contributed by atoms with van der Waals surface area (Å²) in [5.74, 6) is -0.384. The molecule has 0 spiro atoms. The summed E-state index contributed by atoms with van der Waals surface area (Å²) in [6, 6.07) is 1.50. The molecule has 154 valence electrons. The van der Waals surface area contributed by atoms with E-state index in [1.54, 1.807) is 24.7 Å². The first kappa shape index (κ1) is 22.4. The Morgan fingerprint density at radius 3 is 2.46 bits per heavy atom. The Hall–Kier alpha value is -1.93. The van der Waals surface area contributed by atoms with E-state index < -0.39 is 17.7 Å². The van der Waals surface area contributed by atoms with Crippen molar-refractivity contribution in [2.24, 2.45) is 10.9 Å². The van der Waals surface area contributed by atoms with Crippen molar-refractivity contribution in [3.63, 3.8) is 0 Å². The van der Waals surface area contributed by atoms with Crippen molar-refractivity contribution < 1.29 is 23.0 Å². The molecular formula is C20H25F3N2O2S. The van der Waals surface area contributed by atoms with Gasteiger partial charge in [-0.25, -0.2) is 4.98 Å². The Balaban J connectivity index is 2.89. The van der Waals surface area contributed by atoms with Crippen molar-refractivity contribution in [2.75, 3.05) is 0 Å². The molecule has 0 aliphatic heterocycles. The van der Waals surface area contributed by atoms with Crippen molar-refractivity contribution in [3.05, 3.63) is 28.1 Å². The summed E-state index contributed by atoms with van der Waals surface area (Å²) in [5, 5.41) is 12.4. The van der Waals surface area contributed by atoms with Crippen molar-refractivity contribution in [2.45, 2.75) is 59.9 Å². The highest BCUT2D eigenvalue weighted by Crippen LogP contribution is 2.46. The van der Waals surface area contributed by atoms with Crippen LogP contribution >= 0.6 is 11.3 Å². The Kier molecular flexibility index (Phi) is 6.55. The minimum Gasteiger partial charge on any atom is -0.403 e. The first-order chi connectivity index (χ1) is 12.8. The van der Waals surface area contributed by atoms with Gasteiger partial charge >= 0.3 is 6.36 Å². The van der Waals surface area contributed by atoms with Crippen LogP contribution in [0.4, 0.5) is 18.9 Å². The van der Waals surface area contributed by atoms with Gasteiger partial charge in [0.15, 0.2) is 5.75 Å². The third-order valence-electron chi connectivity index (χ3n) is 4.71. The van der Waals surface area contributed by atoms with Gasteiger partial charge in [0.1, 0.15) is 5.69 Å². The number of aliphatic imine (C=N–C) groups is 1. The molecule has 4 nitrogen and oxygen atoms in total. The summed E-state index contributed by atoms with van der Waals surface area (Å²) >= 11 is 1.38. The lowest BCUT2D eigenvalue weighted by atomic mass is 9.90. The summed E-state index contributed by atoms with van der Waals surface area (Å²) in [4.78, 5) is 8.79. The molecule has 2 aromatic rings. The van der Waals surface area contributed by atoms with Gasteiger partial charge in [-0.2, -0.15) is 0 Å². The molecule has 0 saturated carbocycles. The summed E-state index contributed by atoms with van der Waals surface area (Å²) in [7, 11) is 0. The van der Waals surface area contributed by atoms with Crippen LogP contribution in [0.25, 0.3) is 11.3 Å². The smallest absolute Gasteiger partial charge is 0.403 e. The van der Waals surface area contributed by atoms with Crippen LogP contribution < -0.4 is 4.74 Å². The van der Waals surface area contributed by atoms with Crippen LogP contribution in [0, 0.1) is 12.8 Å². The first-order valence-corrected chi connectivity index (χ1v) is 9.89. The van der Waals surface area contributed by atoms with Crippen LogP contribution in [-0.4, -0.2) is 22.2 Å².